The quantitative estimate of drug-likeness (QED) is 0.716. The smallest absolute Gasteiger partial charge is 0.0994 e. The molecule has 2 aromatic carbocycles. The van der Waals surface area contributed by atoms with Gasteiger partial charge in [0.1, 0.15) is 0 Å². The molecule has 0 unspecified atom stereocenters. The Morgan fingerprint density at radius 2 is 1.56 bits per heavy atom. The maximum Gasteiger partial charge on any atom is 0.0994 e. The zero-order valence-electron chi connectivity index (χ0n) is 11.3. The monoisotopic (exact) mass is 235 g/mol. The van der Waals surface area contributed by atoms with E-state index < -0.39 is 0 Å². The summed E-state index contributed by atoms with van der Waals surface area (Å²) in [5, 5.41) is 8.96. The van der Waals surface area contributed by atoms with E-state index in [1.807, 2.05) is 19.1 Å². The van der Waals surface area contributed by atoms with Crippen molar-refractivity contribution in [3.63, 3.8) is 0 Å². The van der Waals surface area contributed by atoms with Crippen LogP contribution in [0.2, 0.25) is 0 Å². The summed E-state index contributed by atoms with van der Waals surface area (Å²) in [5.74, 6) is 0. The fourth-order valence-electron chi connectivity index (χ4n) is 2.23. The first-order valence-corrected chi connectivity index (χ1v) is 6.12. The SMILES string of the molecule is Cc1cc(-c2ccc(C)c(C)c2C)ccc1C#N. The van der Waals surface area contributed by atoms with Crippen molar-refractivity contribution in [3.05, 3.63) is 58.1 Å². The third kappa shape index (κ3) is 2.02. The fourth-order valence-corrected chi connectivity index (χ4v) is 2.23. The topological polar surface area (TPSA) is 23.8 Å². The van der Waals surface area contributed by atoms with Crippen molar-refractivity contribution in [2.75, 3.05) is 0 Å². The van der Waals surface area contributed by atoms with Gasteiger partial charge in [0.05, 0.1) is 11.6 Å². The molecule has 0 saturated carbocycles. The third-order valence-electron chi connectivity index (χ3n) is 3.72. The Labute approximate surface area is 109 Å². The third-order valence-corrected chi connectivity index (χ3v) is 3.72. The van der Waals surface area contributed by atoms with Gasteiger partial charge in [0.2, 0.25) is 0 Å². The number of nitriles is 1. The van der Waals surface area contributed by atoms with Crippen molar-refractivity contribution < 1.29 is 0 Å². The van der Waals surface area contributed by atoms with Crippen LogP contribution in [0.3, 0.4) is 0 Å². The molecule has 0 atom stereocenters. The highest BCUT2D eigenvalue weighted by atomic mass is 14.2. The molecule has 0 saturated heterocycles. The zero-order valence-corrected chi connectivity index (χ0v) is 11.3. The Kier molecular flexibility index (Phi) is 3.21. The van der Waals surface area contributed by atoms with Crippen LogP contribution in [-0.4, -0.2) is 0 Å². The van der Waals surface area contributed by atoms with Gasteiger partial charge in [0, 0.05) is 0 Å². The summed E-state index contributed by atoms with van der Waals surface area (Å²) in [4.78, 5) is 0. The minimum Gasteiger partial charge on any atom is -0.192 e. The molecule has 0 aliphatic heterocycles. The average molecular weight is 235 g/mol. The molecular weight excluding hydrogens is 218 g/mol. The van der Waals surface area contributed by atoms with Crippen LogP contribution in [0, 0.1) is 39.0 Å². The molecule has 0 bridgehead atoms. The Bertz CT molecular complexity index is 645. The molecule has 0 aromatic heterocycles. The molecular formula is C17H17N. The van der Waals surface area contributed by atoms with Crippen LogP contribution in [0.25, 0.3) is 11.1 Å². The number of aryl methyl sites for hydroxylation is 2. The van der Waals surface area contributed by atoms with E-state index in [-0.39, 0.29) is 0 Å². The van der Waals surface area contributed by atoms with Gasteiger partial charge in [-0.25, -0.2) is 0 Å². The molecule has 2 rings (SSSR count). The van der Waals surface area contributed by atoms with E-state index in [9.17, 15) is 0 Å². The standard InChI is InChI=1S/C17H17N/c1-11-5-8-17(14(4)13(11)3)15-6-7-16(10-18)12(2)9-15/h5-9H,1-4H3. The molecule has 0 fully saturated rings. The van der Waals surface area contributed by atoms with Gasteiger partial charge in [-0.1, -0.05) is 24.3 Å². The molecule has 0 amide bonds. The van der Waals surface area contributed by atoms with E-state index in [4.69, 9.17) is 5.26 Å². The second-order valence-electron chi connectivity index (χ2n) is 4.82. The van der Waals surface area contributed by atoms with Gasteiger partial charge < -0.3 is 0 Å². The number of benzene rings is 2. The molecule has 90 valence electrons. The van der Waals surface area contributed by atoms with Gasteiger partial charge >= 0.3 is 0 Å². The van der Waals surface area contributed by atoms with Crippen molar-refractivity contribution >= 4 is 0 Å². The summed E-state index contributed by atoms with van der Waals surface area (Å²) in [6.45, 7) is 8.43. The summed E-state index contributed by atoms with van der Waals surface area (Å²) in [6, 6.07) is 12.6. The summed E-state index contributed by atoms with van der Waals surface area (Å²) >= 11 is 0. The lowest BCUT2D eigenvalue weighted by atomic mass is 9.92. The van der Waals surface area contributed by atoms with Crippen LogP contribution in [0.15, 0.2) is 30.3 Å². The predicted molar refractivity (Wildman–Crippen MR) is 75.5 cm³/mol. The van der Waals surface area contributed by atoms with E-state index in [0.717, 1.165) is 11.1 Å². The minimum absolute atomic E-state index is 0.750. The second-order valence-corrected chi connectivity index (χ2v) is 4.82. The van der Waals surface area contributed by atoms with Crippen molar-refractivity contribution in [2.45, 2.75) is 27.7 Å². The van der Waals surface area contributed by atoms with Crippen molar-refractivity contribution in [1.29, 1.82) is 5.26 Å². The summed E-state index contributed by atoms with van der Waals surface area (Å²) in [7, 11) is 0. The normalized spacial score (nSPS) is 10.2. The van der Waals surface area contributed by atoms with E-state index in [0.29, 0.717) is 0 Å². The van der Waals surface area contributed by atoms with Crippen LogP contribution in [0.1, 0.15) is 27.8 Å². The van der Waals surface area contributed by atoms with E-state index >= 15 is 0 Å². The predicted octanol–water partition coefficient (Wildman–Crippen LogP) is 4.46. The number of nitrogens with zero attached hydrogens (tertiary/aromatic N) is 1. The van der Waals surface area contributed by atoms with Crippen LogP contribution in [0.4, 0.5) is 0 Å². The summed E-state index contributed by atoms with van der Waals surface area (Å²) in [5.41, 5.74) is 8.21. The van der Waals surface area contributed by atoms with Crippen LogP contribution >= 0.6 is 0 Å². The molecule has 0 N–H and O–H groups in total. The Balaban J connectivity index is 2.60. The molecule has 0 heterocycles. The van der Waals surface area contributed by atoms with Gasteiger partial charge in [-0.2, -0.15) is 5.26 Å². The lowest BCUT2D eigenvalue weighted by Crippen LogP contribution is -1.92. The first-order valence-electron chi connectivity index (χ1n) is 6.12. The van der Waals surface area contributed by atoms with Gasteiger partial charge in [0.25, 0.3) is 0 Å². The first-order chi connectivity index (χ1) is 8.54. The Morgan fingerprint density at radius 1 is 0.833 bits per heavy atom. The Morgan fingerprint density at radius 3 is 2.17 bits per heavy atom. The average Bonchev–Trinajstić information content (AvgIpc) is 2.36. The number of rotatable bonds is 1. The minimum atomic E-state index is 0.750. The largest absolute Gasteiger partial charge is 0.192 e. The number of hydrogen-bond donors (Lipinski definition) is 0. The van der Waals surface area contributed by atoms with Crippen LogP contribution in [-0.2, 0) is 0 Å². The highest BCUT2D eigenvalue weighted by molar-refractivity contribution is 5.70. The fraction of sp³-hybridized carbons (Fsp3) is 0.235. The van der Waals surface area contributed by atoms with Gasteiger partial charge in [-0.05, 0) is 67.1 Å². The number of hydrogen-bond acceptors (Lipinski definition) is 1. The molecule has 1 heteroatoms. The summed E-state index contributed by atoms with van der Waals surface area (Å²) in [6.07, 6.45) is 0. The molecule has 1 nitrogen and oxygen atoms in total. The van der Waals surface area contributed by atoms with E-state index in [1.165, 1.54) is 27.8 Å². The second kappa shape index (κ2) is 4.66. The van der Waals surface area contributed by atoms with Gasteiger partial charge in [-0.15, -0.1) is 0 Å². The lowest BCUT2D eigenvalue weighted by Gasteiger charge is -2.12. The van der Waals surface area contributed by atoms with E-state index in [1.54, 1.807) is 0 Å². The first kappa shape index (κ1) is 12.4. The van der Waals surface area contributed by atoms with Gasteiger partial charge in [-0.3, -0.25) is 0 Å². The molecule has 18 heavy (non-hydrogen) atoms. The van der Waals surface area contributed by atoms with Gasteiger partial charge in [0.15, 0.2) is 0 Å². The molecule has 0 spiro atoms. The Hall–Kier alpha value is -2.07. The maximum atomic E-state index is 8.96. The lowest BCUT2D eigenvalue weighted by molar-refractivity contribution is 1.26. The van der Waals surface area contributed by atoms with Crippen LogP contribution < -0.4 is 0 Å². The van der Waals surface area contributed by atoms with Crippen molar-refractivity contribution in [2.24, 2.45) is 0 Å². The zero-order chi connectivity index (χ0) is 13.3. The molecule has 0 aliphatic rings. The highest BCUT2D eigenvalue weighted by Gasteiger charge is 2.07. The highest BCUT2D eigenvalue weighted by Crippen LogP contribution is 2.28. The molecule has 2 aromatic rings. The van der Waals surface area contributed by atoms with Crippen molar-refractivity contribution in [1.82, 2.24) is 0 Å². The van der Waals surface area contributed by atoms with E-state index in [2.05, 4.69) is 45.0 Å². The van der Waals surface area contributed by atoms with Crippen molar-refractivity contribution in [3.8, 4) is 17.2 Å². The van der Waals surface area contributed by atoms with Crippen LogP contribution in [0.5, 0.6) is 0 Å². The molecule has 0 radical (unpaired) electrons. The molecule has 0 aliphatic carbocycles. The summed E-state index contributed by atoms with van der Waals surface area (Å²) < 4.78 is 0. The maximum absolute atomic E-state index is 8.96.